The number of hydrogen-bond acceptors (Lipinski definition) is 3. The number of rotatable bonds is 9. The molecule has 2 N–H and O–H groups in total. The zero-order chi connectivity index (χ0) is 21.0. The zero-order valence-corrected chi connectivity index (χ0v) is 18.6. The molecule has 4 nitrogen and oxygen atoms in total. The van der Waals surface area contributed by atoms with Gasteiger partial charge in [0.1, 0.15) is 0 Å². The van der Waals surface area contributed by atoms with Crippen LogP contribution in [0.4, 0.5) is 0 Å². The Hall–Kier alpha value is -1.13. The molecular formula is C25H41NO3. The van der Waals surface area contributed by atoms with Crippen molar-refractivity contribution in [2.75, 3.05) is 14.1 Å². The number of fused-ring (bicyclic) bond motifs is 1. The van der Waals surface area contributed by atoms with Crippen molar-refractivity contribution in [1.82, 2.24) is 4.90 Å². The molecule has 2 saturated carbocycles. The summed E-state index contributed by atoms with van der Waals surface area (Å²) in [6.07, 6.45) is 16.2. The minimum atomic E-state index is -0.360. The lowest BCUT2D eigenvalue weighted by molar-refractivity contribution is -0.128. The predicted molar refractivity (Wildman–Crippen MR) is 117 cm³/mol. The first-order chi connectivity index (χ1) is 13.9. The number of aliphatic hydroxyl groups is 2. The number of allylic oxidation sites excluding steroid dienone is 2. The van der Waals surface area contributed by atoms with E-state index in [0.29, 0.717) is 24.2 Å². The molecule has 2 unspecified atom stereocenters. The Morgan fingerprint density at radius 3 is 2.76 bits per heavy atom. The Morgan fingerprint density at radius 1 is 1.28 bits per heavy atom. The third-order valence-electron chi connectivity index (χ3n) is 7.76. The fourth-order valence-corrected chi connectivity index (χ4v) is 5.84. The van der Waals surface area contributed by atoms with E-state index in [9.17, 15) is 15.0 Å². The van der Waals surface area contributed by atoms with Crippen molar-refractivity contribution in [2.45, 2.75) is 83.3 Å². The summed E-state index contributed by atoms with van der Waals surface area (Å²) in [7, 11) is 3.63. The van der Waals surface area contributed by atoms with Crippen LogP contribution < -0.4 is 0 Å². The molecule has 3 aliphatic carbocycles. The molecule has 0 aromatic rings. The van der Waals surface area contributed by atoms with Crippen LogP contribution >= 0.6 is 0 Å². The largest absolute Gasteiger partial charge is 0.392 e. The summed E-state index contributed by atoms with van der Waals surface area (Å²) in [5.41, 5.74) is 1.50. The first-order valence-electron chi connectivity index (χ1n) is 11.8. The fraction of sp³-hybridized carbons (Fsp3) is 0.800. The van der Waals surface area contributed by atoms with Crippen molar-refractivity contribution < 1.29 is 15.0 Å². The second-order valence-corrected chi connectivity index (χ2v) is 9.96. The summed E-state index contributed by atoms with van der Waals surface area (Å²) in [6, 6.07) is 0. The average molecular weight is 404 g/mol. The molecule has 4 heteroatoms. The molecule has 0 aromatic heterocycles. The van der Waals surface area contributed by atoms with E-state index in [0.717, 1.165) is 50.9 Å². The van der Waals surface area contributed by atoms with Crippen molar-refractivity contribution in [3.63, 3.8) is 0 Å². The van der Waals surface area contributed by atoms with Crippen molar-refractivity contribution in [3.8, 4) is 0 Å². The highest BCUT2D eigenvalue weighted by molar-refractivity contribution is 5.75. The number of unbranched alkanes of at least 4 members (excludes halogenated alkanes) is 1. The third kappa shape index (κ3) is 5.73. The molecule has 0 saturated heterocycles. The maximum absolute atomic E-state index is 11.7. The quantitative estimate of drug-likeness (QED) is 0.445. The Labute approximate surface area is 177 Å². The summed E-state index contributed by atoms with van der Waals surface area (Å²) < 4.78 is 0. The number of nitrogens with zero attached hydrogens (tertiary/aromatic N) is 1. The maximum atomic E-state index is 11.7. The highest BCUT2D eigenvalue weighted by Gasteiger charge is 2.43. The first-order valence-corrected chi connectivity index (χ1v) is 11.8. The molecule has 29 heavy (non-hydrogen) atoms. The molecule has 3 aliphatic rings. The number of hydrogen-bond donors (Lipinski definition) is 2. The maximum Gasteiger partial charge on any atom is 0.222 e. The van der Waals surface area contributed by atoms with Gasteiger partial charge in [-0.25, -0.2) is 0 Å². The van der Waals surface area contributed by atoms with Gasteiger partial charge in [0.05, 0.1) is 12.2 Å². The lowest BCUT2D eigenvalue weighted by Crippen LogP contribution is -2.21. The van der Waals surface area contributed by atoms with Crippen molar-refractivity contribution in [1.29, 1.82) is 0 Å². The Balaban J connectivity index is 1.45. The van der Waals surface area contributed by atoms with E-state index >= 15 is 0 Å². The van der Waals surface area contributed by atoms with Gasteiger partial charge in [0.15, 0.2) is 0 Å². The number of carbonyl (C=O) groups is 1. The summed E-state index contributed by atoms with van der Waals surface area (Å²) in [5.74, 6) is 2.51. The molecule has 0 aromatic carbocycles. The van der Waals surface area contributed by atoms with Crippen LogP contribution in [-0.2, 0) is 4.79 Å². The Morgan fingerprint density at radius 2 is 2.07 bits per heavy atom. The van der Waals surface area contributed by atoms with Crippen LogP contribution in [0.25, 0.3) is 0 Å². The van der Waals surface area contributed by atoms with Crippen LogP contribution in [0, 0.1) is 29.6 Å². The monoisotopic (exact) mass is 403 g/mol. The van der Waals surface area contributed by atoms with Gasteiger partial charge in [-0.1, -0.05) is 43.6 Å². The standard InChI is InChI=1S/C25H41NO3/c1-4-17-9-10-19(13-17)23(27)12-11-21-22-15-18(14-20(22)16-24(21)28)7-5-6-8-25(29)26(2)3/h11-12,14,17,19-24,27-28H,4-10,13,15-16H2,1-3H3/b12-11+/t17?,19?,20-,21+,22-,23+,24+/m0/s1. The Bertz CT molecular complexity index is 611. The normalized spacial score (nSPS) is 35.1. The van der Waals surface area contributed by atoms with E-state index in [1.165, 1.54) is 18.4 Å². The topological polar surface area (TPSA) is 60.8 Å². The van der Waals surface area contributed by atoms with Gasteiger partial charge in [0, 0.05) is 26.4 Å². The van der Waals surface area contributed by atoms with E-state index in [-0.39, 0.29) is 24.0 Å². The van der Waals surface area contributed by atoms with Crippen LogP contribution in [0.1, 0.15) is 71.1 Å². The molecule has 0 heterocycles. The van der Waals surface area contributed by atoms with Gasteiger partial charge in [-0.15, -0.1) is 0 Å². The fourth-order valence-electron chi connectivity index (χ4n) is 5.84. The van der Waals surface area contributed by atoms with Crippen LogP contribution in [0.2, 0.25) is 0 Å². The summed E-state index contributed by atoms with van der Waals surface area (Å²) in [4.78, 5) is 13.4. The molecular weight excluding hydrogens is 362 g/mol. The summed E-state index contributed by atoms with van der Waals surface area (Å²) in [5, 5.41) is 21.2. The molecule has 3 rings (SSSR count). The molecule has 1 amide bonds. The minimum absolute atomic E-state index is 0.169. The number of amides is 1. The van der Waals surface area contributed by atoms with Crippen LogP contribution in [-0.4, -0.2) is 47.3 Å². The molecule has 0 spiro atoms. The number of aliphatic hydroxyl groups excluding tert-OH is 2. The number of carbonyl (C=O) groups excluding carboxylic acids is 1. The second-order valence-electron chi connectivity index (χ2n) is 9.96. The van der Waals surface area contributed by atoms with Gasteiger partial charge in [0.2, 0.25) is 5.91 Å². The van der Waals surface area contributed by atoms with Crippen molar-refractivity contribution >= 4 is 5.91 Å². The molecule has 0 aliphatic heterocycles. The van der Waals surface area contributed by atoms with Crippen LogP contribution in [0.3, 0.4) is 0 Å². The van der Waals surface area contributed by atoms with E-state index in [1.807, 2.05) is 20.2 Å². The van der Waals surface area contributed by atoms with E-state index in [4.69, 9.17) is 0 Å². The summed E-state index contributed by atoms with van der Waals surface area (Å²) in [6.45, 7) is 2.25. The van der Waals surface area contributed by atoms with Gasteiger partial charge < -0.3 is 15.1 Å². The van der Waals surface area contributed by atoms with Crippen molar-refractivity contribution in [3.05, 3.63) is 23.8 Å². The highest BCUT2D eigenvalue weighted by atomic mass is 16.3. The van der Waals surface area contributed by atoms with Gasteiger partial charge in [-0.05, 0) is 68.6 Å². The summed E-state index contributed by atoms with van der Waals surface area (Å²) >= 11 is 0. The lowest BCUT2D eigenvalue weighted by Gasteiger charge is -2.20. The minimum Gasteiger partial charge on any atom is -0.392 e. The predicted octanol–water partition coefficient (Wildman–Crippen LogP) is 4.32. The first kappa shape index (κ1) is 22.6. The second kappa shape index (κ2) is 10.3. The molecule has 164 valence electrons. The molecule has 7 atom stereocenters. The van der Waals surface area contributed by atoms with Crippen molar-refractivity contribution in [2.24, 2.45) is 29.6 Å². The van der Waals surface area contributed by atoms with E-state index in [1.54, 1.807) is 4.90 Å². The zero-order valence-electron chi connectivity index (χ0n) is 18.6. The van der Waals surface area contributed by atoms with Gasteiger partial charge in [-0.3, -0.25) is 4.79 Å². The molecule has 0 bridgehead atoms. The van der Waals surface area contributed by atoms with E-state index < -0.39 is 0 Å². The van der Waals surface area contributed by atoms with Gasteiger partial charge >= 0.3 is 0 Å². The Kier molecular flexibility index (Phi) is 7.98. The average Bonchev–Trinajstić information content (AvgIpc) is 3.38. The molecule has 2 fully saturated rings. The van der Waals surface area contributed by atoms with Crippen LogP contribution in [0.15, 0.2) is 23.8 Å². The van der Waals surface area contributed by atoms with E-state index in [2.05, 4.69) is 19.1 Å². The lowest BCUT2D eigenvalue weighted by atomic mass is 9.87. The third-order valence-corrected chi connectivity index (χ3v) is 7.76. The highest BCUT2D eigenvalue weighted by Crippen LogP contribution is 2.48. The smallest absolute Gasteiger partial charge is 0.222 e. The SMILES string of the molecule is CCC1CCC([C@H](O)/C=C/[C@@H]2[C@H]3CC(CCCCC(=O)N(C)C)=C[C@H]3C[C@H]2O)C1. The van der Waals surface area contributed by atoms with Gasteiger partial charge in [0.25, 0.3) is 0 Å². The van der Waals surface area contributed by atoms with Gasteiger partial charge in [-0.2, -0.15) is 0 Å². The molecule has 0 radical (unpaired) electrons. The van der Waals surface area contributed by atoms with Crippen LogP contribution in [0.5, 0.6) is 0 Å².